The minimum atomic E-state index is -2.29. The van der Waals surface area contributed by atoms with Crippen molar-refractivity contribution in [1.29, 1.82) is 0 Å². The molecule has 33 heavy (non-hydrogen) atoms. The highest BCUT2D eigenvalue weighted by molar-refractivity contribution is 6.74. The first-order valence-corrected chi connectivity index (χ1v) is 17.7. The highest BCUT2D eigenvalue weighted by Gasteiger charge is 2.48. The van der Waals surface area contributed by atoms with Gasteiger partial charge >= 0.3 is 0 Å². The van der Waals surface area contributed by atoms with Gasteiger partial charge in [-0.1, -0.05) is 84.0 Å². The molecule has 0 radical (unpaired) electrons. The van der Waals surface area contributed by atoms with Gasteiger partial charge in [-0.25, -0.2) is 0 Å². The molecule has 0 spiro atoms. The third kappa shape index (κ3) is 8.42. The molecule has 0 unspecified atom stereocenters. The molecule has 0 saturated heterocycles. The van der Waals surface area contributed by atoms with Crippen LogP contribution in [0.3, 0.4) is 0 Å². The van der Waals surface area contributed by atoms with Crippen molar-refractivity contribution in [1.82, 2.24) is 0 Å². The summed E-state index contributed by atoms with van der Waals surface area (Å²) in [4.78, 5) is 0. The van der Waals surface area contributed by atoms with Crippen LogP contribution in [-0.2, 0) is 13.6 Å². The largest absolute Gasteiger partial charge is 0.408 e. The second kappa shape index (κ2) is 11.8. The van der Waals surface area contributed by atoms with E-state index in [4.69, 9.17) is 13.6 Å². The van der Waals surface area contributed by atoms with Crippen LogP contribution in [0.5, 0.6) is 0 Å². The highest BCUT2D eigenvalue weighted by atomic mass is 28.4. The van der Waals surface area contributed by atoms with E-state index < -0.39 is 47.7 Å². The predicted molar refractivity (Wildman–Crippen MR) is 144 cm³/mol. The number of hydrogen-bond acceptors (Lipinski definition) is 5. The van der Waals surface area contributed by atoms with Gasteiger partial charge in [0.25, 0.3) is 0 Å². The lowest BCUT2D eigenvalue weighted by Crippen LogP contribution is -2.59. The van der Waals surface area contributed by atoms with Crippen LogP contribution >= 0.6 is 0 Å². The minimum Gasteiger partial charge on any atom is -0.408 e. The Hall–Kier alpha value is -0.806. The molecule has 0 amide bonds. The lowest BCUT2D eigenvalue weighted by molar-refractivity contribution is -0.0993. The van der Waals surface area contributed by atoms with E-state index in [-0.39, 0.29) is 10.1 Å². The van der Waals surface area contributed by atoms with Crippen LogP contribution in [0.15, 0.2) is 36.4 Å². The number of aliphatic hydroxyl groups excluding tert-OH is 2. The van der Waals surface area contributed by atoms with Crippen molar-refractivity contribution in [3.63, 3.8) is 0 Å². The molecular formula is C26H48O5Si2. The molecule has 1 aromatic carbocycles. The van der Waals surface area contributed by atoms with E-state index in [1.807, 2.05) is 42.5 Å². The van der Waals surface area contributed by atoms with Gasteiger partial charge in [0.1, 0.15) is 24.4 Å². The average molecular weight is 497 g/mol. The van der Waals surface area contributed by atoms with E-state index in [1.165, 1.54) is 0 Å². The van der Waals surface area contributed by atoms with Crippen molar-refractivity contribution in [2.45, 2.75) is 102 Å². The number of methoxy groups -OCH3 is 1. The standard InChI is InChI=1S/C26H48O5Si2/c1-25(2,3)32(8,9)30-23(21(28)19-27)24(31-33(10,11)26(4,5)6)22(29-7)18-17-20-15-13-12-14-16-20/h12-18,21-24,27-28H,19H2,1-11H3/b18-17+/t21-,22+,23+,24+/m0/s1. The maximum Gasteiger partial charge on any atom is 0.192 e. The molecule has 0 bridgehead atoms. The van der Waals surface area contributed by atoms with E-state index in [2.05, 4.69) is 67.7 Å². The maximum absolute atomic E-state index is 10.9. The van der Waals surface area contributed by atoms with Crippen LogP contribution in [0, 0.1) is 0 Å². The molecule has 1 aromatic rings. The molecular weight excluding hydrogens is 448 g/mol. The highest BCUT2D eigenvalue weighted by Crippen LogP contribution is 2.41. The van der Waals surface area contributed by atoms with Gasteiger partial charge in [0.15, 0.2) is 16.6 Å². The monoisotopic (exact) mass is 496 g/mol. The van der Waals surface area contributed by atoms with Gasteiger partial charge in [0.05, 0.1) is 6.61 Å². The Bertz CT molecular complexity index is 735. The van der Waals surface area contributed by atoms with Crippen LogP contribution < -0.4 is 0 Å². The summed E-state index contributed by atoms with van der Waals surface area (Å²) in [6.45, 7) is 21.3. The van der Waals surface area contributed by atoms with Crippen molar-refractivity contribution < 1.29 is 23.8 Å². The summed E-state index contributed by atoms with van der Waals surface area (Å²) in [7, 11) is -2.91. The third-order valence-corrected chi connectivity index (χ3v) is 16.2. The average Bonchev–Trinajstić information content (AvgIpc) is 2.70. The summed E-state index contributed by atoms with van der Waals surface area (Å²) < 4.78 is 19.5. The fourth-order valence-electron chi connectivity index (χ4n) is 2.92. The lowest BCUT2D eigenvalue weighted by atomic mass is 10.0. The van der Waals surface area contributed by atoms with Crippen LogP contribution in [0.25, 0.3) is 6.08 Å². The number of benzene rings is 1. The van der Waals surface area contributed by atoms with Crippen LogP contribution in [-0.4, -0.2) is 65.0 Å². The molecule has 7 heteroatoms. The minimum absolute atomic E-state index is 0.0433. The van der Waals surface area contributed by atoms with Gasteiger partial charge < -0.3 is 23.8 Å². The zero-order chi connectivity index (χ0) is 25.7. The lowest BCUT2D eigenvalue weighted by Gasteiger charge is -2.47. The van der Waals surface area contributed by atoms with Gasteiger partial charge in [-0.3, -0.25) is 0 Å². The van der Waals surface area contributed by atoms with Gasteiger partial charge in [-0.2, -0.15) is 0 Å². The fraction of sp³-hybridized carbons (Fsp3) is 0.692. The normalized spacial score (nSPS) is 17.7. The molecule has 190 valence electrons. The molecule has 4 atom stereocenters. The van der Waals surface area contributed by atoms with E-state index in [0.717, 1.165) is 5.56 Å². The van der Waals surface area contributed by atoms with E-state index >= 15 is 0 Å². The van der Waals surface area contributed by atoms with Crippen molar-refractivity contribution in [3.05, 3.63) is 42.0 Å². The predicted octanol–water partition coefficient (Wildman–Crippen LogP) is 5.85. The van der Waals surface area contributed by atoms with Crippen LogP contribution in [0.4, 0.5) is 0 Å². The Morgan fingerprint density at radius 3 is 1.70 bits per heavy atom. The smallest absolute Gasteiger partial charge is 0.192 e. The zero-order valence-electron chi connectivity index (χ0n) is 22.7. The first-order valence-electron chi connectivity index (χ1n) is 11.9. The number of hydrogen-bond donors (Lipinski definition) is 2. The molecule has 1 rings (SSSR count). The molecule has 0 aromatic heterocycles. The number of ether oxygens (including phenoxy) is 1. The molecule has 0 aliphatic rings. The Labute approximate surface area is 204 Å². The van der Waals surface area contributed by atoms with Crippen LogP contribution in [0.2, 0.25) is 36.3 Å². The fourth-order valence-corrected chi connectivity index (χ4v) is 5.54. The van der Waals surface area contributed by atoms with Crippen molar-refractivity contribution in [2.75, 3.05) is 13.7 Å². The Morgan fingerprint density at radius 1 is 0.848 bits per heavy atom. The Balaban J connectivity index is 3.51. The van der Waals surface area contributed by atoms with Crippen LogP contribution in [0.1, 0.15) is 47.1 Å². The van der Waals surface area contributed by atoms with Crippen molar-refractivity contribution in [3.8, 4) is 0 Å². The first-order chi connectivity index (χ1) is 15.0. The van der Waals surface area contributed by atoms with E-state index in [1.54, 1.807) is 7.11 Å². The zero-order valence-corrected chi connectivity index (χ0v) is 24.7. The number of rotatable bonds is 11. The summed E-state index contributed by atoms with van der Waals surface area (Å²) in [5.74, 6) is 0. The van der Waals surface area contributed by atoms with Crippen molar-refractivity contribution in [2.24, 2.45) is 0 Å². The maximum atomic E-state index is 10.9. The molecule has 0 fully saturated rings. The van der Waals surface area contributed by atoms with Gasteiger partial charge in [-0.15, -0.1) is 0 Å². The quantitative estimate of drug-likeness (QED) is 0.376. The summed E-state index contributed by atoms with van der Waals surface area (Å²) in [5.41, 5.74) is 1.05. The van der Waals surface area contributed by atoms with E-state index in [0.29, 0.717) is 0 Å². The Morgan fingerprint density at radius 2 is 1.30 bits per heavy atom. The first kappa shape index (κ1) is 30.2. The molecule has 0 saturated carbocycles. The molecule has 0 aliphatic heterocycles. The SMILES string of the molecule is CO[C@H](/C=C/c1ccccc1)[C@@H](O[Si](C)(C)C(C)(C)C)[C@H](O[Si](C)(C)C(C)(C)C)[C@@H](O)CO. The van der Waals surface area contributed by atoms with Crippen molar-refractivity contribution >= 4 is 22.7 Å². The van der Waals surface area contributed by atoms with Gasteiger partial charge in [0.2, 0.25) is 0 Å². The Kier molecular flexibility index (Phi) is 10.8. The second-order valence-electron chi connectivity index (χ2n) is 11.9. The topological polar surface area (TPSA) is 68.2 Å². The van der Waals surface area contributed by atoms with E-state index in [9.17, 15) is 10.2 Å². The molecule has 0 heterocycles. The summed E-state index contributed by atoms with van der Waals surface area (Å²) in [5, 5.41) is 20.8. The molecule has 2 N–H and O–H groups in total. The summed E-state index contributed by atoms with van der Waals surface area (Å²) >= 11 is 0. The van der Waals surface area contributed by atoms with Gasteiger partial charge in [-0.05, 0) is 41.8 Å². The van der Waals surface area contributed by atoms with Gasteiger partial charge in [0, 0.05) is 7.11 Å². The summed E-state index contributed by atoms with van der Waals surface area (Å²) in [6, 6.07) is 10.0. The summed E-state index contributed by atoms with van der Waals surface area (Å²) in [6.07, 6.45) is 1.12. The third-order valence-electron chi connectivity index (χ3n) is 7.24. The second-order valence-corrected chi connectivity index (χ2v) is 21.4. The number of aliphatic hydroxyl groups is 2. The molecule has 0 aliphatic carbocycles. The molecule has 5 nitrogen and oxygen atoms in total.